The van der Waals surface area contributed by atoms with Gasteiger partial charge in [-0.2, -0.15) is 0 Å². The van der Waals surface area contributed by atoms with E-state index in [1.54, 1.807) is 57.3 Å². The number of thiophene rings is 1. The van der Waals surface area contributed by atoms with E-state index in [1.807, 2.05) is 6.07 Å². The van der Waals surface area contributed by atoms with Gasteiger partial charge in [0.25, 0.3) is 5.56 Å². The maximum absolute atomic E-state index is 14.0. The summed E-state index contributed by atoms with van der Waals surface area (Å²) in [7, 11) is -3.80. The van der Waals surface area contributed by atoms with Gasteiger partial charge in [0.15, 0.2) is 6.35 Å². The van der Waals surface area contributed by atoms with Crippen molar-refractivity contribution in [2.75, 3.05) is 25.3 Å². The maximum atomic E-state index is 14.0. The quantitative estimate of drug-likeness (QED) is 0.155. The third-order valence-electron chi connectivity index (χ3n) is 6.63. The van der Waals surface area contributed by atoms with E-state index in [1.165, 1.54) is 6.92 Å². The van der Waals surface area contributed by atoms with E-state index in [-0.39, 0.29) is 36.4 Å². The zero-order chi connectivity index (χ0) is 30.9. The molecular weight excluding hydrogens is 587 g/mol. The van der Waals surface area contributed by atoms with Crippen LogP contribution in [0.2, 0.25) is 0 Å². The van der Waals surface area contributed by atoms with E-state index >= 15 is 0 Å². The molecule has 0 amide bonds. The van der Waals surface area contributed by atoms with Crippen LogP contribution in [0.1, 0.15) is 45.6 Å². The predicted molar refractivity (Wildman–Crippen MR) is 157 cm³/mol. The number of nitrogens with two attached hydrogens (primary N) is 1. The number of para-hydroxylation sites is 1. The lowest BCUT2D eigenvalue weighted by molar-refractivity contribution is -0.153. The van der Waals surface area contributed by atoms with Crippen LogP contribution in [-0.2, 0) is 23.4 Å². The number of aliphatic hydroxyl groups excluding tert-OH is 1. The Morgan fingerprint density at radius 3 is 2.69 bits per heavy atom. The molecule has 3 aromatic rings. The Morgan fingerprint density at radius 1 is 1.33 bits per heavy atom. The number of nitrogens with one attached hydrogen (secondary N) is 2. The van der Waals surface area contributed by atoms with Crippen molar-refractivity contribution in [2.24, 2.45) is 5.41 Å². The molecule has 6 unspecified atom stereocenters. The summed E-state index contributed by atoms with van der Waals surface area (Å²) in [6.45, 7) is 7.80. The minimum atomic E-state index is -3.80. The first-order chi connectivity index (χ1) is 19.6. The molecular formula is C27H37N4O9PS. The Hall–Kier alpha value is -2.84. The highest BCUT2D eigenvalue weighted by atomic mass is 32.1. The van der Waals surface area contributed by atoms with Crippen LogP contribution in [0.4, 0.5) is 5.95 Å². The number of aromatic nitrogens is 2. The van der Waals surface area contributed by atoms with Crippen molar-refractivity contribution in [3.05, 3.63) is 50.9 Å². The largest absolute Gasteiger partial charge is 0.482 e. The lowest BCUT2D eigenvalue weighted by atomic mass is 9.92. The minimum absolute atomic E-state index is 0.0746. The molecule has 0 spiro atoms. The van der Waals surface area contributed by atoms with Gasteiger partial charge in [-0.3, -0.25) is 19.1 Å². The van der Waals surface area contributed by atoms with Crippen molar-refractivity contribution in [3.63, 3.8) is 0 Å². The van der Waals surface area contributed by atoms with Gasteiger partial charge < -0.3 is 34.7 Å². The molecule has 13 nitrogen and oxygen atoms in total. The minimum Gasteiger partial charge on any atom is -0.482 e. The number of anilines is 1. The molecule has 230 valence electrons. The molecule has 0 bridgehead atoms. The van der Waals surface area contributed by atoms with Gasteiger partial charge in [-0.25, -0.2) is 10.1 Å². The fraction of sp³-hybridized carbons (Fsp3) is 0.519. The molecule has 0 aliphatic carbocycles. The van der Waals surface area contributed by atoms with Gasteiger partial charge >= 0.3 is 13.5 Å². The fourth-order valence-corrected chi connectivity index (χ4v) is 7.13. The van der Waals surface area contributed by atoms with Crippen LogP contribution >= 0.6 is 18.9 Å². The molecule has 1 fully saturated rings. The summed E-state index contributed by atoms with van der Waals surface area (Å²) in [6, 6.07) is 8.14. The molecule has 15 heteroatoms. The SMILES string of the molecule is CC(COC(=O)C(C)(C)C)NP(=O)(COc1ccccc1)OCC1OC(c2scc3c(=O)[nH]c(N)nc23)C(C)(O)C1O. The number of hydrogen-bond acceptors (Lipinski definition) is 12. The van der Waals surface area contributed by atoms with Gasteiger partial charge in [0.1, 0.15) is 36.3 Å². The standard InChI is InChI=1S/C27H37N4O9PS/c1-15(11-37-24(34)26(2,3)4)31-41(36,14-38-16-9-7-6-8-10-16)39-12-18-21(32)27(5,35)22(40-18)20-19-17(13-42-20)23(33)30-25(28)29-19/h6-10,13,15,18,21-22,32,35H,11-12,14H2,1-5H3,(H,31,36)(H3,28,29,30,33). The molecule has 1 saturated heterocycles. The number of benzene rings is 1. The van der Waals surface area contributed by atoms with Crippen LogP contribution < -0.4 is 21.1 Å². The summed E-state index contributed by atoms with van der Waals surface area (Å²) in [5.41, 5.74) is 3.03. The Labute approximate surface area is 246 Å². The first kappa shape index (κ1) is 32.1. The molecule has 6 atom stereocenters. The van der Waals surface area contributed by atoms with E-state index in [9.17, 15) is 24.4 Å². The second-order valence-electron chi connectivity index (χ2n) is 11.5. The molecule has 1 aromatic carbocycles. The topological polar surface area (TPSA) is 195 Å². The number of H-pyrrole nitrogens is 1. The average molecular weight is 625 g/mol. The molecule has 1 aliphatic rings. The third-order valence-corrected chi connectivity index (χ3v) is 9.51. The van der Waals surface area contributed by atoms with Crippen LogP contribution in [0, 0.1) is 5.41 Å². The zero-order valence-corrected chi connectivity index (χ0v) is 25.7. The normalized spacial score (nSPS) is 24.8. The number of aliphatic hydroxyl groups is 2. The molecule has 0 saturated carbocycles. The number of aromatic amines is 1. The van der Waals surface area contributed by atoms with E-state index in [0.717, 1.165) is 11.3 Å². The summed E-state index contributed by atoms with van der Waals surface area (Å²) in [5, 5.41) is 27.0. The Kier molecular flexibility index (Phi) is 9.48. The zero-order valence-electron chi connectivity index (χ0n) is 24.0. The van der Waals surface area contributed by atoms with E-state index in [4.69, 9.17) is 24.5 Å². The summed E-state index contributed by atoms with van der Waals surface area (Å²) in [6.07, 6.45) is -4.02. The maximum Gasteiger partial charge on any atom is 0.311 e. The van der Waals surface area contributed by atoms with Gasteiger partial charge in [0.05, 0.1) is 27.8 Å². The summed E-state index contributed by atoms with van der Waals surface area (Å²) >= 11 is 1.13. The Bertz CT molecular complexity index is 1500. The highest BCUT2D eigenvalue weighted by Crippen LogP contribution is 2.48. The van der Waals surface area contributed by atoms with Crippen LogP contribution in [-0.4, -0.2) is 69.6 Å². The molecule has 4 rings (SSSR count). The van der Waals surface area contributed by atoms with Gasteiger partial charge in [-0.15, -0.1) is 11.3 Å². The highest BCUT2D eigenvalue weighted by Gasteiger charge is 2.54. The number of carbonyl (C=O) groups is 1. The van der Waals surface area contributed by atoms with Gasteiger partial charge in [0, 0.05) is 11.4 Å². The van der Waals surface area contributed by atoms with Gasteiger partial charge in [0.2, 0.25) is 5.95 Å². The van der Waals surface area contributed by atoms with Crippen LogP contribution in [0.5, 0.6) is 5.75 Å². The van der Waals surface area contributed by atoms with Crippen molar-refractivity contribution in [1.82, 2.24) is 15.1 Å². The third kappa shape index (κ3) is 7.20. The number of rotatable bonds is 11. The highest BCUT2D eigenvalue weighted by molar-refractivity contribution is 7.56. The molecule has 2 aromatic heterocycles. The molecule has 42 heavy (non-hydrogen) atoms. The smallest absolute Gasteiger partial charge is 0.311 e. The van der Waals surface area contributed by atoms with Crippen molar-refractivity contribution < 1.29 is 38.3 Å². The number of carbonyl (C=O) groups excluding carboxylic acids is 1. The Morgan fingerprint density at radius 2 is 2.02 bits per heavy atom. The summed E-state index contributed by atoms with van der Waals surface area (Å²) in [4.78, 5) is 31.5. The van der Waals surface area contributed by atoms with Crippen molar-refractivity contribution in [1.29, 1.82) is 0 Å². The number of nitrogen functional groups attached to an aromatic ring is 1. The van der Waals surface area contributed by atoms with E-state index in [2.05, 4.69) is 15.1 Å². The van der Waals surface area contributed by atoms with Crippen molar-refractivity contribution >= 4 is 41.7 Å². The molecule has 3 heterocycles. The van der Waals surface area contributed by atoms with E-state index < -0.39 is 54.4 Å². The van der Waals surface area contributed by atoms with Crippen LogP contribution in [0.25, 0.3) is 10.9 Å². The number of ether oxygens (including phenoxy) is 3. The van der Waals surface area contributed by atoms with Crippen LogP contribution in [0.3, 0.4) is 0 Å². The number of fused-ring (bicyclic) bond motifs is 1. The number of nitrogens with zero attached hydrogens (tertiary/aromatic N) is 1. The van der Waals surface area contributed by atoms with Crippen molar-refractivity contribution in [2.45, 2.75) is 64.6 Å². The molecule has 6 N–H and O–H groups in total. The molecule has 1 aliphatic heterocycles. The van der Waals surface area contributed by atoms with Gasteiger partial charge in [-0.05, 0) is 46.8 Å². The molecule has 0 radical (unpaired) electrons. The first-order valence-corrected chi connectivity index (χ1v) is 16.0. The van der Waals surface area contributed by atoms with Crippen LogP contribution in [0.15, 0.2) is 40.5 Å². The number of hydrogen-bond donors (Lipinski definition) is 5. The lowest BCUT2D eigenvalue weighted by Gasteiger charge is -2.27. The summed E-state index contributed by atoms with van der Waals surface area (Å²) < 4.78 is 36.9. The summed E-state index contributed by atoms with van der Waals surface area (Å²) in [5.74, 6) is -0.0538. The average Bonchev–Trinajstić information content (AvgIpc) is 3.43. The predicted octanol–water partition coefficient (Wildman–Crippen LogP) is 2.93. The fourth-order valence-electron chi connectivity index (χ4n) is 4.31. The first-order valence-electron chi connectivity index (χ1n) is 13.3. The second-order valence-corrected chi connectivity index (χ2v) is 14.5. The van der Waals surface area contributed by atoms with Crippen molar-refractivity contribution in [3.8, 4) is 5.75 Å². The Balaban J connectivity index is 1.50. The second kappa shape index (κ2) is 12.4. The monoisotopic (exact) mass is 624 g/mol. The lowest BCUT2D eigenvalue weighted by Crippen LogP contribution is -2.43. The number of esters is 1. The van der Waals surface area contributed by atoms with Gasteiger partial charge in [-0.1, -0.05) is 18.2 Å². The van der Waals surface area contributed by atoms with E-state index in [0.29, 0.717) is 10.6 Å².